The van der Waals surface area contributed by atoms with E-state index >= 15 is 0 Å². The number of nitrogens with zero attached hydrogens (tertiary/aromatic N) is 7. The molecular formula is C27H32BrN9O3S. The van der Waals surface area contributed by atoms with Crippen molar-refractivity contribution in [3.63, 3.8) is 0 Å². The highest BCUT2D eigenvalue weighted by atomic mass is 79.9. The van der Waals surface area contributed by atoms with Crippen LogP contribution in [0.15, 0.2) is 53.4 Å². The number of ether oxygens (including phenoxy) is 1. The lowest BCUT2D eigenvalue weighted by Gasteiger charge is -2.23. The quantitative estimate of drug-likeness (QED) is 0.273. The highest BCUT2D eigenvalue weighted by molar-refractivity contribution is 9.10. The van der Waals surface area contributed by atoms with Gasteiger partial charge in [-0.15, -0.1) is 0 Å². The summed E-state index contributed by atoms with van der Waals surface area (Å²) in [6, 6.07) is 10.1. The van der Waals surface area contributed by atoms with Gasteiger partial charge in [0.15, 0.2) is 0 Å². The number of methoxy groups -OCH3 is 1. The first-order valence-electron chi connectivity index (χ1n) is 12.9. The zero-order chi connectivity index (χ0) is 29.3. The molecule has 1 atom stereocenters. The van der Waals surface area contributed by atoms with Crippen LogP contribution in [0.1, 0.15) is 6.42 Å². The molecule has 41 heavy (non-hydrogen) atoms. The number of aromatic nitrogens is 4. The van der Waals surface area contributed by atoms with Crippen LogP contribution in [0.4, 0.5) is 34.5 Å². The predicted molar refractivity (Wildman–Crippen MR) is 166 cm³/mol. The van der Waals surface area contributed by atoms with E-state index in [1.807, 2.05) is 12.1 Å². The molecule has 4 aromatic rings. The number of hydrogen-bond donors (Lipinski definition) is 2. The Kier molecular flexibility index (Phi) is 8.16. The molecule has 0 spiro atoms. The fraction of sp³-hybridized carbons (Fsp3) is 0.333. The van der Waals surface area contributed by atoms with E-state index in [0.29, 0.717) is 56.1 Å². The van der Waals surface area contributed by atoms with E-state index in [9.17, 15) is 8.42 Å². The van der Waals surface area contributed by atoms with E-state index < -0.39 is 10.0 Å². The van der Waals surface area contributed by atoms with E-state index in [0.717, 1.165) is 31.5 Å². The first-order valence-corrected chi connectivity index (χ1v) is 15.5. The van der Waals surface area contributed by atoms with Gasteiger partial charge in [0.2, 0.25) is 16.0 Å². The Morgan fingerprint density at radius 3 is 2.51 bits per heavy atom. The molecule has 1 aliphatic rings. The van der Waals surface area contributed by atoms with Gasteiger partial charge in [-0.1, -0.05) is 0 Å². The molecule has 0 aliphatic carbocycles. The van der Waals surface area contributed by atoms with Crippen molar-refractivity contribution in [2.24, 2.45) is 0 Å². The number of rotatable bonds is 9. The van der Waals surface area contributed by atoms with Gasteiger partial charge in [-0.25, -0.2) is 13.4 Å². The molecule has 0 radical (unpaired) electrons. The molecule has 12 nitrogen and oxygen atoms in total. The van der Waals surface area contributed by atoms with Gasteiger partial charge in [-0.2, -0.15) is 4.98 Å². The lowest BCUT2D eigenvalue weighted by atomic mass is 10.2. The van der Waals surface area contributed by atoms with Crippen molar-refractivity contribution in [2.75, 3.05) is 67.4 Å². The second-order valence-corrected chi connectivity index (χ2v) is 12.9. The SMILES string of the molecule is COc1cc(N2CCC(N(C)C)C2)ccc1Nc1ncc(Br)c(Nc2ccc3nccnc3c2N(C)S(C)(=O)=O)n1. The smallest absolute Gasteiger partial charge is 0.232 e. The molecule has 2 N–H and O–H groups in total. The highest BCUT2D eigenvalue weighted by Crippen LogP contribution is 2.37. The van der Waals surface area contributed by atoms with Crippen molar-refractivity contribution in [3.8, 4) is 5.75 Å². The summed E-state index contributed by atoms with van der Waals surface area (Å²) in [6.07, 6.45) is 6.95. The normalized spacial score (nSPS) is 15.4. The van der Waals surface area contributed by atoms with E-state index in [2.05, 4.69) is 76.5 Å². The van der Waals surface area contributed by atoms with Crippen LogP contribution in [-0.4, -0.2) is 86.9 Å². The molecule has 14 heteroatoms. The van der Waals surface area contributed by atoms with Gasteiger partial charge in [0.25, 0.3) is 0 Å². The third-order valence-corrected chi connectivity index (χ3v) is 8.87. The Bertz CT molecular complexity index is 1690. The Balaban J connectivity index is 1.44. The topological polar surface area (TPSA) is 129 Å². The van der Waals surface area contributed by atoms with E-state index in [1.165, 1.54) is 17.5 Å². The predicted octanol–water partition coefficient (Wildman–Crippen LogP) is 4.21. The highest BCUT2D eigenvalue weighted by Gasteiger charge is 2.25. The van der Waals surface area contributed by atoms with Crippen LogP contribution in [0.2, 0.25) is 0 Å². The van der Waals surface area contributed by atoms with Crippen LogP contribution >= 0.6 is 15.9 Å². The number of likely N-dealkylation sites (N-methyl/N-ethyl adjacent to an activating group) is 1. The Morgan fingerprint density at radius 2 is 1.80 bits per heavy atom. The molecule has 2 aromatic carbocycles. The van der Waals surface area contributed by atoms with Gasteiger partial charge in [-0.3, -0.25) is 14.3 Å². The third kappa shape index (κ3) is 6.14. The molecule has 0 saturated carbocycles. The summed E-state index contributed by atoms with van der Waals surface area (Å²) in [7, 11) is 3.74. The summed E-state index contributed by atoms with van der Waals surface area (Å²) < 4.78 is 32.5. The van der Waals surface area contributed by atoms with E-state index in [-0.39, 0.29) is 0 Å². The first-order chi connectivity index (χ1) is 19.5. The molecule has 0 amide bonds. The second kappa shape index (κ2) is 11.6. The number of hydrogen-bond acceptors (Lipinski definition) is 11. The monoisotopic (exact) mass is 641 g/mol. The molecule has 216 valence electrons. The number of benzene rings is 2. The number of halogens is 1. The van der Waals surface area contributed by atoms with Crippen molar-refractivity contribution >= 4 is 71.5 Å². The zero-order valence-corrected chi connectivity index (χ0v) is 25.9. The summed E-state index contributed by atoms with van der Waals surface area (Å²) in [6.45, 7) is 1.95. The Labute approximate surface area is 248 Å². The van der Waals surface area contributed by atoms with Crippen LogP contribution in [0, 0.1) is 0 Å². The lowest BCUT2D eigenvalue weighted by Crippen LogP contribution is -2.31. The van der Waals surface area contributed by atoms with Crippen molar-refractivity contribution in [3.05, 3.63) is 53.4 Å². The average Bonchev–Trinajstić information content (AvgIpc) is 3.45. The number of fused-ring (bicyclic) bond motifs is 1. The third-order valence-electron chi connectivity index (χ3n) is 7.11. The van der Waals surface area contributed by atoms with E-state index in [4.69, 9.17) is 4.74 Å². The standard InChI is InChI=1S/C27H32BrN9O3S/c1-35(2)18-10-13-37(16-18)17-6-7-20(23(14-17)40-4)33-27-31-15-19(28)26(34-27)32-22-9-8-21-24(30-12-11-29-21)25(22)36(3)41(5,38)39/h6-9,11-12,14-15,18H,10,13,16H2,1-5H3,(H2,31,32,33,34). The van der Waals surface area contributed by atoms with Crippen LogP contribution in [-0.2, 0) is 10.0 Å². The van der Waals surface area contributed by atoms with Crippen LogP contribution < -0.4 is 24.6 Å². The zero-order valence-electron chi connectivity index (χ0n) is 23.5. The summed E-state index contributed by atoms with van der Waals surface area (Å²) in [5.41, 5.74) is 3.65. The Morgan fingerprint density at radius 1 is 1.05 bits per heavy atom. The maximum atomic E-state index is 12.5. The lowest BCUT2D eigenvalue weighted by molar-refractivity contribution is 0.315. The summed E-state index contributed by atoms with van der Waals surface area (Å²) >= 11 is 3.51. The molecular weight excluding hydrogens is 610 g/mol. The number of sulfonamides is 1. The molecule has 3 heterocycles. The largest absolute Gasteiger partial charge is 0.494 e. The maximum Gasteiger partial charge on any atom is 0.232 e. The first kappa shape index (κ1) is 28.8. The molecule has 1 unspecified atom stereocenters. The fourth-order valence-electron chi connectivity index (χ4n) is 4.75. The van der Waals surface area contributed by atoms with Gasteiger partial charge in [0, 0.05) is 56.5 Å². The second-order valence-electron chi connectivity index (χ2n) is 9.99. The van der Waals surface area contributed by atoms with Crippen LogP contribution in [0.25, 0.3) is 11.0 Å². The van der Waals surface area contributed by atoms with Crippen molar-refractivity contribution in [1.82, 2.24) is 24.8 Å². The molecule has 0 bridgehead atoms. The molecule has 1 saturated heterocycles. The minimum atomic E-state index is -3.60. The molecule has 5 rings (SSSR count). The summed E-state index contributed by atoms with van der Waals surface area (Å²) in [5, 5.41) is 6.50. The maximum absolute atomic E-state index is 12.5. The fourth-order valence-corrected chi connectivity index (χ4v) is 5.55. The number of nitrogens with one attached hydrogen (secondary N) is 2. The molecule has 1 aliphatic heterocycles. The van der Waals surface area contributed by atoms with Crippen molar-refractivity contribution < 1.29 is 13.2 Å². The van der Waals surface area contributed by atoms with Gasteiger partial charge < -0.3 is 25.2 Å². The summed E-state index contributed by atoms with van der Waals surface area (Å²) in [4.78, 5) is 22.4. The van der Waals surface area contributed by atoms with E-state index in [1.54, 1.807) is 31.6 Å². The molecule has 2 aromatic heterocycles. The van der Waals surface area contributed by atoms with Gasteiger partial charge >= 0.3 is 0 Å². The summed E-state index contributed by atoms with van der Waals surface area (Å²) in [5.74, 6) is 1.42. The minimum Gasteiger partial charge on any atom is -0.494 e. The molecule has 1 fully saturated rings. The van der Waals surface area contributed by atoms with Gasteiger partial charge in [0.05, 0.1) is 34.7 Å². The Hall–Kier alpha value is -3.75. The minimum absolute atomic E-state index is 0.328. The number of anilines is 6. The average molecular weight is 643 g/mol. The van der Waals surface area contributed by atoms with Crippen LogP contribution in [0.5, 0.6) is 5.75 Å². The van der Waals surface area contributed by atoms with Crippen molar-refractivity contribution in [2.45, 2.75) is 12.5 Å². The van der Waals surface area contributed by atoms with Gasteiger partial charge in [-0.05, 0) is 60.7 Å². The van der Waals surface area contributed by atoms with Crippen molar-refractivity contribution in [1.29, 1.82) is 0 Å². The van der Waals surface area contributed by atoms with Gasteiger partial charge in [0.1, 0.15) is 22.8 Å². The van der Waals surface area contributed by atoms with Crippen LogP contribution in [0.3, 0.4) is 0 Å².